The third-order valence-electron chi connectivity index (χ3n) is 2.74. The molecule has 1 amide bonds. The quantitative estimate of drug-likeness (QED) is 0.777. The minimum absolute atomic E-state index is 0.200. The highest BCUT2D eigenvalue weighted by Crippen LogP contribution is 2.18. The minimum Gasteiger partial charge on any atom is -0.351 e. The van der Waals surface area contributed by atoms with E-state index in [0.29, 0.717) is 12.1 Å². The lowest BCUT2D eigenvalue weighted by atomic mass is 10.1. The van der Waals surface area contributed by atoms with Gasteiger partial charge in [0.2, 0.25) is 5.91 Å². The number of amides is 1. The summed E-state index contributed by atoms with van der Waals surface area (Å²) in [5, 5.41) is 5.60. The van der Waals surface area contributed by atoms with Crippen molar-refractivity contribution in [3.63, 3.8) is 0 Å². The molecule has 0 unspecified atom stereocenters. The van der Waals surface area contributed by atoms with Crippen LogP contribution in [0.25, 0.3) is 0 Å². The predicted molar refractivity (Wildman–Crippen MR) is 70.6 cm³/mol. The van der Waals surface area contributed by atoms with Crippen molar-refractivity contribution >= 4 is 5.91 Å². The van der Waals surface area contributed by atoms with E-state index in [1.54, 1.807) is 19.9 Å². The molecule has 0 saturated carbocycles. The average Bonchev–Trinajstić information content (AvgIpc) is 2.35. The third-order valence-corrected chi connectivity index (χ3v) is 2.74. The molecule has 0 fully saturated rings. The van der Waals surface area contributed by atoms with Gasteiger partial charge in [0.1, 0.15) is 11.6 Å². The van der Waals surface area contributed by atoms with Gasteiger partial charge < -0.3 is 5.32 Å². The molecule has 2 N–H and O–H groups in total. The summed E-state index contributed by atoms with van der Waals surface area (Å²) in [6, 6.07) is 2.51. The Bertz CT molecular complexity index is 463. The van der Waals surface area contributed by atoms with Gasteiger partial charge in [-0.3, -0.25) is 10.1 Å². The summed E-state index contributed by atoms with van der Waals surface area (Å²) in [6.45, 7) is 7.27. The molecule has 0 saturated heterocycles. The van der Waals surface area contributed by atoms with Gasteiger partial charge in [0, 0.05) is 24.2 Å². The molecule has 2 atom stereocenters. The van der Waals surface area contributed by atoms with Gasteiger partial charge in [0.05, 0.1) is 6.04 Å². The van der Waals surface area contributed by atoms with Crippen LogP contribution < -0.4 is 10.6 Å². The Morgan fingerprint density at radius 3 is 2.68 bits per heavy atom. The third kappa shape index (κ3) is 4.44. The summed E-state index contributed by atoms with van der Waals surface area (Å²) < 4.78 is 26.4. The topological polar surface area (TPSA) is 41.1 Å². The van der Waals surface area contributed by atoms with Gasteiger partial charge >= 0.3 is 0 Å². The number of hydrogen-bond donors (Lipinski definition) is 2. The summed E-state index contributed by atoms with van der Waals surface area (Å²) in [5.74, 6) is -1.45. The molecule has 0 aromatic heterocycles. The lowest BCUT2D eigenvalue weighted by Gasteiger charge is -2.20. The standard InChI is InChI=1S/C14H18F2N2O/c1-4-7-17-14(19)10(3)18-9(2)12-6-5-11(15)8-13(12)16/h4-6,8-10,18H,1,7H2,2-3H3,(H,17,19)/t9-,10+/m0/s1. The number of halogens is 2. The summed E-state index contributed by atoms with van der Waals surface area (Å²) in [7, 11) is 0. The fourth-order valence-corrected chi connectivity index (χ4v) is 1.72. The summed E-state index contributed by atoms with van der Waals surface area (Å²) in [6.07, 6.45) is 1.58. The molecular formula is C14H18F2N2O. The van der Waals surface area contributed by atoms with E-state index in [1.165, 1.54) is 12.1 Å². The highest BCUT2D eigenvalue weighted by molar-refractivity contribution is 5.81. The number of benzene rings is 1. The minimum atomic E-state index is -0.626. The number of carbonyl (C=O) groups excluding carboxylic acids is 1. The van der Waals surface area contributed by atoms with Crippen molar-refractivity contribution in [1.82, 2.24) is 10.6 Å². The van der Waals surface area contributed by atoms with E-state index in [4.69, 9.17) is 0 Å². The first kappa shape index (κ1) is 15.3. The predicted octanol–water partition coefficient (Wildman–Crippen LogP) is 2.31. The first-order valence-corrected chi connectivity index (χ1v) is 6.05. The van der Waals surface area contributed by atoms with Crippen LogP contribution in [-0.4, -0.2) is 18.5 Å². The van der Waals surface area contributed by atoms with Gasteiger partial charge in [-0.05, 0) is 19.9 Å². The lowest BCUT2D eigenvalue weighted by Crippen LogP contribution is -2.43. The fraction of sp³-hybridized carbons (Fsp3) is 0.357. The Labute approximate surface area is 111 Å². The Balaban J connectivity index is 2.65. The van der Waals surface area contributed by atoms with Crippen molar-refractivity contribution in [3.8, 4) is 0 Å². The molecule has 0 heterocycles. The zero-order valence-electron chi connectivity index (χ0n) is 11.0. The first-order chi connectivity index (χ1) is 8.95. The Morgan fingerprint density at radius 2 is 2.11 bits per heavy atom. The first-order valence-electron chi connectivity index (χ1n) is 6.05. The monoisotopic (exact) mass is 268 g/mol. The van der Waals surface area contributed by atoms with E-state index in [0.717, 1.165) is 6.07 Å². The molecule has 1 aromatic carbocycles. The molecule has 0 bridgehead atoms. The second kappa shape index (κ2) is 6.99. The van der Waals surface area contributed by atoms with Crippen LogP contribution in [0.2, 0.25) is 0 Å². The van der Waals surface area contributed by atoms with Gasteiger partial charge in [-0.15, -0.1) is 6.58 Å². The van der Waals surface area contributed by atoms with E-state index >= 15 is 0 Å². The Morgan fingerprint density at radius 1 is 1.42 bits per heavy atom. The van der Waals surface area contributed by atoms with Crippen LogP contribution in [0.5, 0.6) is 0 Å². The second-order valence-electron chi connectivity index (χ2n) is 4.31. The lowest BCUT2D eigenvalue weighted by molar-refractivity contribution is -0.122. The Hall–Kier alpha value is -1.75. The van der Waals surface area contributed by atoms with Crippen molar-refractivity contribution in [3.05, 3.63) is 48.1 Å². The SMILES string of the molecule is C=CCNC(=O)[C@@H](C)N[C@@H](C)c1ccc(F)cc1F. The summed E-state index contributed by atoms with van der Waals surface area (Å²) in [4.78, 5) is 11.6. The zero-order valence-corrected chi connectivity index (χ0v) is 11.0. The average molecular weight is 268 g/mol. The van der Waals surface area contributed by atoms with Gasteiger partial charge in [-0.25, -0.2) is 8.78 Å². The molecule has 1 aromatic rings. The molecule has 5 heteroatoms. The number of rotatable bonds is 6. The molecule has 19 heavy (non-hydrogen) atoms. The Kier molecular flexibility index (Phi) is 5.63. The van der Waals surface area contributed by atoms with Crippen LogP contribution in [0, 0.1) is 11.6 Å². The van der Waals surface area contributed by atoms with Gasteiger partial charge in [0.25, 0.3) is 0 Å². The van der Waals surface area contributed by atoms with Crippen LogP contribution in [0.4, 0.5) is 8.78 Å². The fourth-order valence-electron chi connectivity index (χ4n) is 1.72. The highest BCUT2D eigenvalue weighted by Gasteiger charge is 2.18. The van der Waals surface area contributed by atoms with Crippen molar-refractivity contribution in [2.75, 3.05) is 6.54 Å². The molecular weight excluding hydrogens is 250 g/mol. The summed E-state index contributed by atoms with van der Waals surface area (Å²) >= 11 is 0. The van der Waals surface area contributed by atoms with Crippen LogP contribution in [0.3, 0.4) is 0 Å². The van der Waals surface area contributed by atoms with E-state index < -0.39 is 23.7 Å². The molecule has 104 valence electrons. The molecule has 0 spiro atoms. The maximum Gasteiger partial charge on any atom is 0.237 e. The van der Waals surface area contributed by atoms with Crippen LogP contribution in [0.15, 0.2) is 30.9 Å². The number of hydrogen-bond acceptors (Lipinski definition) is 2. The normalized spacial score (nSPS) is 13.7. The smallest absolute Gasteiger partial charge is 0.237 e. The van der Waals surface area contributed by atoms with E-state index in [2.05, 4.69) is 17.2 Å². The summed E-state index contributed by atoms with van der Waals surface area (Å²) in [5.41, 5.74) is 0.324. The van der Waals surface area contributed by atoms with Crippen molar-refractivity contribution in [1.29, 1.82) is 0 Å². The van der Waals surface area contributed by atoms with Crippen molar-refractivity contribution in [2.24, 2.45) is 0 Å². The molecule has 0 aliphatic heterocycles. The van der Waals surface area contributed by atoms with Gasteiger partial charge in [-0.1, -0.05) is 12.1 Å². The molecule has 0 radical (unpaired) electrons. The van der Waals surface area contributed by atoms with E-state index in [1.807, 2.05) is 0 Å². The van der Waals surface area contributed by atoms with E-state index in [9.17, 15) is 13.6 Å². The van der Waals surface area contributed by atoms with Crippen molar-refractivity contribution in [2.45, 2.75) is 25.9 Å². The highest BCUT2D eigenvalue weighted by atomic mass is 19.1. The van der Waals surface area contributed by atoms with Crippen molar-refractivity contribution < 1.29 is 13.6 Å². The number of nitrogens with one attached hydrogen (secondary N) is 2. The molecule has 0 aliphatic rings. The van der Waals surface area contributed by atoms with Crippen LogP contribution in [0.1, 0.15) is 25.5 Å². The van der Waals surface area contributed by atoms with Gasteiger partial charge in [-0.2, -0.15) is 0 Å². The van der Waals surface area contributed by atoms with E-state index in [-0.39, 0.29) is 5.91 Å². The van der Waals surface area contributed by atoms with Gasteiger partial charge in [0.15, 0.2) is 0 Å². The number of carbonyl (C=O) groups is 1. The molecule has 1 rings (SSSR count). The second-order valence-corrected chi connectivity index (χ2v) is 4.31. The van der Waals surface area contributed by atoms with Crippen LogP contribution >= 0.6 is 0 Å². The van der Waals surface area contributed by atoms with Crippen LogP contribution in [-0.2, 0) is 4.79 Å². The largest absolute Gasteiger partial charge is 0.351 e. The maximum absolute atomic E-state index is 13.6. The maximum atomic E-state index is 13.6. The molecule has 3 nitrogen and oxygen atoms in total. The molecule has 0 aliphatic carbocycles. The zero-order chi connectivity index (χ0) is 14.4.